The molecule has 4 nitrogen and oxygen atoms in total. The lowest BCUT2D eigenvalue weighted by Crippen LogP contribution is -2.35. The predicted molar refractivity (Wildman–Crippen MR) is 58.1 cm³/mol. The summed E-state index contributed by atoms with van der Waals surface area (Å²) in [4.78, 5) is 0. The van der Waals surface area contributed by atoms with Crippen LogP contribution in [-0.2, 0) is 9.84 Å². The second-order valence-corrected chi connectivity index (χ2v) is 6.34. The fourth-order valence-electron chi connectivity index (χ4n) is 0.965. The molecular weight excluding hydrogens is 202 g/mol. The Morgan fingerprint density at radius 1 is 1.36 bits per heavy atom. The molecule has 0 amide bonds. The van der Waals surface area contributed by atoms with Crippen molar-refractivity contribution in [2.24, 2.45) is 0 Å². The normalized spacial score (nSPS) is 14.6. The molecule has 0 aliphatic heterocycles. The summed E-state index contributed by atoms with van der Waals surface area (Å²) in [6.07, 6.45) is 0.179. The molecular formula is C9H21NO3S. The Labute approximate surface area is 86.6 Å². The van der Waals surface area contributed by atoms with Gasteiger partial charge in [0.25, 0.3) is 0 Å². The number of hydrogen-bond acceptors (Lipinski definition) is 4. The third-order valence-corrected chi connectivity index (χ3v) is 4.24. The smallest absolute Gasteiger partial charge is 0.155 e. The zero-order valence-electron chi connectivity index (χ0n) is 9.16. The molecule has 0 rings (SSSR count). The Morgan fingerprint density at radius 2 is 1.93 bits per heavy atom. The van der Waals surface area contributed by atoms with Crippen LogP contribution in [0, 0.1) is 0 Å². The number of hydrogen-bond donors (Lipinski definition) is 2. The van der Waals surface area contributed by atoms with E-state index in [1.54, 1.807) is 13.8 Å². The van der Waals surface area contributed by atoms with Gasteiger partial charge in [-0.3, -0.25) is 0 Å². The molecule has 86 valence electrons. The minimum Gasteiger partial charge on any atom is -0.391 e. The summed E-state index contributed by atoms with van der Waals surface area (Å²) in [6.45, 7) is 6.42. The number of sulfone groups is 1. The van der Waals surface area contributed by atoms with Crippen LogP contribution in [-0.4, -0.2) is 43.7 Å². The van der Waals surface area contributed by atoms with Gasteiger partial charge in [0.05, 0.1) is 17.1 Å². The first kappa shape index (κ1) is 13.9. The first-order chi connectivity index (χ1) is 6.40. The molecule has 0 heterocycles. The Bertz CT molecular complexity index is 236. The molecule has 0 spiro atoms. The van der Waals surface area contributed by atoms with E-state index < -0.39 is 21.2 Å². The summed E-state index contributed by atoms with van der Waals surface area (Å²) >= 11 is 0. The topological polar surface area (TPSA) is 66.4 Å². The molecule has 0 aromatic carbocycles. The zero-order valence-corrected chi connectivity index (χ0v) is 9.97. The number of nitrogens with one attached hydrogen (secondary N) is 1. The molecule has 0 bridgehead atoms. The van der Waals surface area contributed by atoms with Crippen molar-refractivity contribution in [1.82, 2.24) is 5.32 Å². The second kappa shape index (κ2) is 6.37. The van der Waals surface area contributed by atoms with Gasteiger partial charge in [-0.25, -0.2) is 8.42 Å². The van der Waals surface area contributed by atoms with E-state index in [0.29, 0.717) is 6.54 Å². The second-order valence-electron chi connectivity index (χ2n) is 3.74. The van der Waals surface area contributed by atoms with Crippen molar-refractivity contribution in [2.45, 2.75) is 38.5 Å². The molecule has 0 aromatic rings. The summed E-state index contributed by atoms with van der Waals surface area (Å²) in [5.41, 5.74) is 0. The summed E-state index contributed by atoms with van der Waals surface area (Å²) < 4.78 is 22.8. The van der Waals surface area contributed by atoms with Crippen molar-refractivity contribution in [3.05, 3.63) is 0 Å². The molecule has 0 saturated carbocycles. The van der Waals surface area contributed by atoms with E-state index >= 15 is 0 Å². The lowest BCUT2D eigenvalue weighted by Gasteiger charge is -2.13. The molecule has 0 aliphatic rings. The van der Waals surface area contributed by atoms with Crippen molar-refractivity contribution in [2.75, 3.05) is 18.8 Å². The maximum atomic E-state index is 11.4. The fraction of sp³-hybridized carbons (Fsp3) is 1.00. The molecule has 0 aromatic heterocycles. The van der Waals surface area contributed by atoms with E-state index in [1.165, 1.54) is 0 Å². The molecule has 0 radical (unpaired) electrons. The van der Waals surface area contributed by atoms with E-state index in [0.717, 1.165) is 13.0 Å². The van der Waals surface area contributed by atoms with Gasteiger partial charge in [0.1, 0.15) is 0 Å². The van der Waals surface area contributed by atoms with Gasteiger partial charge in [-0.2, -0.15) is 0 Å². The van der Waals surface area contributed by atoms with Gasteiger partial charge in [-0.1, -0.05) is 6.92 Å². The molecule has 1 unspecified atom stereocenters. The van der Waals surface area contributed by atoms with Crippen LogP contribution in [0.5, 0.6) is 0 Å². The highest BCUT2D eigenvalue weighted by molar-refractivity contribution is 7.92. The van der Waals surface area contributed by atoms with Crippen molar-refractivity contribution < 1.29 is 13.5 Å². The minimum atomic E-state index is -3.12. The molecule has 2 N–H and O–H groups in total. The van der Waals surface area contributed by atoms with Crippen molar-refractivity contribution >= 4 is 9.84 Å². The third kappa shape index (κ3) is 5.57. The van der Waals surface area contributed by atoms with Crippen LogP contribution in [0.15, 0.2) is 0 Å². The Hall–Kier alpha value is -0.130. The van der Waals surface area contributed by atoms with Crippen LogP contribution in [0.4, 0.5) is 0 Å². The average Bonchev–Trinajstić information content (AvgIpc) is 2.03. The Kier molecular flexibility index (Phi) is 6.31. The molecule has 1 atom stereocenters. The van der Waals surface area contributed by atoms with E-state index in [2.05, 4.69) is 5.32 Å². The van der Waals surface area contributed by atoms with Gasteiger partial charge in [0.15, 0.2) is 9.84 Å². The van der Waals surface area contributed by atoms with Crippen LogP contribution < -0.4 is 5.32 Å². The van der Waals surface area contributed by atoms with Gasteiger partial charge in [0, 0.05) is 6.54 Å². The Balaban J connectivity index is 3.88. The molecule has 0 aliphatic carbocycles. The summed E-state index contributed by atoms with van der Waals surface area (Å²) in [7, 11) is -3.12. The van der Waals surface area contributed by atoms with Gasteiger partial charge in [0.2, 0.25) is 0 Å². The monoisotopic (exact) mass is 223 g/mol. The number of aliphatic hydroxyl groups excluding tert-OH is 1. The van der Waals surface area contributed by atoms with Crippen LogP contribution in [0.3, 0.4) is 0 Å². The van der Waals surface area contributed by atoms with E-state index in [-0.39, 0.29) is 5.75 Å². The lowest BCUT2D eigenvalue weighted by atomic mass is 10.4. The van der Waals surface area contributed by atoms with E-state index in [1.807, 2.05) is 6.92 Å². The maximum absolute atomic E-state index is 11.4. The third-order valence-electron chi connectivity index (χ3n) is 1.95. The quantitative estimate of drug-likeness (QED) is 0.604. The van der Waals surface area contributed by atoms with Crippen LogP contribution in [0.1, 0.15) is 27.2 Å². The van der Waals surface area contributed by atoms with Gasteiger partial charge in [-0.05, 0) is 26.8 Å². The summed E-state index contributed by atoms with van der Waals surface area (Å²) in [5, 5.41) is 12.0. The van der Waals surface area contributed by atoms with Gasteiger partial charge in [-0.15, -0.1) is 0 Å². The van der Waals surface area contributed by atoms with E-state index in [9.17, 15) is 13.5 Å². The standard InChI is InChI=1S/C9H21NO3S/c1-4-5-10-6-9(11)7-14(12,13)8(2)3/h8-11H,4-7H2,1-3H3. The van der Waals surface area contributed by atoms with Crippen molar-refractivity contribution in [3.63, 3.8) is 0 Å². The van der Waals surface area contributed by atoms with Gasteiger partial charge >= 0.3 is 0 Å². The van der Waals surface area contributed by atoms with E-state index in [4.69, 9.17) is 0 Å². The Morgan fingerprint density at radius 3 is 2.36 bits per heavy atom. The lowest BCUT2D eigenvalue weighted by molar-refractivity contribution is 0.193. The van der Waals surface area contributed by atoms with Gasteiger partial charge < -0.3 is 10.4 Å². The average molecular weight is 223 g/mol. The fourth-order valence-corrected chi connectivity index (χ4v) is 2.00. The minimum absolute atomic E-state index is 0.151. The molecule has 14 heavy (non-hydrogen) atoms. The highest BCUT2D eigenvalue weighted by Crippen LogP contribution is 2.02. The number of aliphatic hydroxyl groups is 1. The first-order valence-electron chi connectivity index (χ1n) is 5.00. The van der Waals surface area contributed by atoms with Crippen molar-refractivity contribution in [3.8, 4) is 0 Å². The number of rotatable bonds is 7. The summed E-state index contributed by atoms with van der Waals surface area (Å²) in [6, 6.07) is 0. The highest BCUT2D eigenvalue weighted by Gasteiger charge is 2.20. The highest BCUT2D eigenvalue weighted by atomic mass is 32.2. The van der Waals surface area contributed by atoms with Crippen LogP contribution >= 0.6 is 0 Å². The van der Waals surface area contributed by atoms with Crippen LogP contribution in [0.2, 0.25) is 0 Å². The SMILES string of the molecule is CCCNCC(O)CS(=O)(=O)C(C)C. The maximum Gasteiger partial charge on any atom is 0.155 e. The summed E-state index contributed by atoms with van der Waals surface area (Å²) in [5.74, 6) is -0.151. The predicted octanol–water partition coefficient (Wildman–Crippen LogP) is 0.170. The first-order valence-corrected chi connectivity index (χ1v) is 6.72. The molecule has 0 saturated heterocycles. The van der Waals surface area contributed by atoms with Crippen molar-refractivity contribution in [1.29, 1.82) is 0 Å². The molecule has 5 heteroatoms. The zero-order chi connectivity index (χ0) is 11.2. The largest absolute Gasteiger partial charge is 0.391 e. The molecule has 0 fully saturated rings. The van der Waals surface area contributed by atoms with Crippen LogP contribution in [0.25, 0.3) is 0 Å².